The first-order valence-corrected chi connectivity index (χ1v) is 6.47. The Morgan fingerprint density at radius 3 is 2.63 bits per heavy atom. The lowest BCUT2D eigenvalue weighted by Gasteiger charge is -2.22. The van der Waals surface area contributed by atoms with Crippen molar-refractivity contribution in [2.24, 2.45) is 0 Å². The van der Waals surface area contributed by atoms with Gasteiger partial charge in [-0.05, 0) is 17.0 Å². The molecule has 0 atom stereocenters. The Kier molecular flexibility index (Phi) is 3.79. The van der Waals surface area contributed by atoms with Crippen molar-refractivity contribution < 1.29 is 4.74 Å². The maximum absolute atomic E-state index is 5.88. The molecule has 0 amide bonds. The minimum atomic E-state index is 0.0761. The molecule has 1 aromatic heterocycles. The Labute approximate surface area is 114 Å². The summed E-state index contributed by atoms with van der Waals surface area (Å²) < 4.78 is 7.66. The summed E-state index contributed by atoms with van der Waals surface area (Å²) in [7, 11) is 0. The van der Waals surface area contributed by atoms with Crippen LogP contribution in [-0.2, 0) is 12.0 Å². The van der Waals surface area contributed by atoms with Gasteiger partial charge in [-0.2, -0.15) is 5.10 Å². The molecule has 0 saturated carbocycles. The first-order chi connectivity index (χ1) is 8.97. The molecule has 2 aromatic rings. The highest BCUT2D eigenvalue weighted by molar-refractivity contribution is 5.38. The molecule has 102 valence electrons. The molecule has 4 nitrogen and oxygen atoms in total. The van der Waals surface area contributed by atoms with Gasteiger partial charge in [-0.25, -0.2) is 0 Å². The van der Waals surface area contributed by atoms with Gasteiger partial charge in [-0.1, -0.05) is 39.0 Å². The van der Waals surface area contributed by atoms with Crippen molar-refractivity contribution in [2.75, 3.05) is 12.3 Å². The van der Waals surface area contributed by atoms with E-state index in [4.69, 9.17) is 10.5 Å². The van der Waals surface area contributed by atoms with Crippen LogP contribution in [0.1, 0.15) is 26.3 Å². The number of nitrogens with two attached hydrogens (primary N) is 1. The number of nitrogen functional groups attached to an aromatic ring is 1. The van der Waals surface area contributed by atoms with Gasteiger partial charge in [-0.3, -0.25) is 4.68 Å². The zero-order valence-corrected chi connectivity index (χ0v) is 11.8. The van der Waals surface area contributed by atoms with Crippen LogP contribution < -0.4 is 10.5 Å². The number of hydrogen-bond acceptors (Lipinski definition) is 3. The molecule has 19 heavy (non-hydrogen) atoms. The van der Waals surface area contributed by atoms with E-state index in [0.717, 1.165) is 5.75 Å². The number of anilines is 1. The summed E-state index contributed by atoms with van der Waals surface area (Å²) in [5.74, 6) is 0.940. The first-order valence-electron chi connectivity index (χ1n) is 6.47. The molecule has 0 aliphatic rings. The smallest absolute Gasteiger partial charge is 0.123 e. The van der Waals surface area contributed by atoms with Crippen molar-refractivity contribution >= 4 is 5.69 Å². The van der Waals surface area contributed by atoms with Gasteiger partial charge < -0.3 is 10.5 Å². The molecule has 0 unspecified atom stereocenters. The van der Waals surface area contributed by atoms with E-state index in [1.807, 2.05) is 18.2 Å². The Balaban J connectivity index is 2.00. The average Bonchev–Trinajstić information content (AvgIpc) is 2.74. The third-order valence-electron chi connectivity index (χ3n) is 2.93. The SMILES string of the molecule is CC(C)(C)c1ccccc1OCCn1cc(N)cn1. The molecule has 1 aromatic carbocycles. The molecule has 0 radical (unpaired) electrons. The predicted molar refractivity (Wildman–Crippen MR) is 77.3 cm³/mol. The third-order valence-corrected chi connectivity index (χ3v) is 2.93. The topological polar surface area (TPSA) is 53.1 Å². The summed E-state index contributed by atoms with van der Waals surface area (Å²) in [6.07, 6.45) is 3.45. The Bertz CT molecular complexity index is 540. The lowest BCUT2D eigenvalue weighted by atomic mass is 9.86. The molecule has 0 saturated heterocycles. The van der Waals surface area contributed by atoms with Gasteiger partial charge in [-0.15, -0.1) is 0 Å². The van der Waals surface area contributed by atoms with Gasteiger partial charge in [0.2, 0.25) is 0 Å². The van der Waals surface area contributed by atoms with Gasteiger partial charge in [0.05, 0.1) is 18.4 Å². The molecule has 4 heteroatoms. The zero-order valence-electron chi connectivity index (χ0n) is 11.8. The molecule has 0 aliphatic heterocycles. The number of hydrogen-bond donors (Lipinski definition) is 1. The number of ether oxygens (including phenoxy) is 1. The van der Waals surface area contributed by atoms with Crippen LogP contribution in [0.15, 0.2) is 36.7 Å². The van der Waals surface area contributed by atoms with E-state index >= 15 is 0 Å². The van der Waals surface area contributed by atoms with Crippen LogP contribution in [0, 0.1) is 0 Å². The van der Waals surface area contributed by atoms with Crippen LogP contribution >= 0.6 is 0 Å². The highest BCUT2D eigenvalue weighted by atomic mass is 16.5. The summed E-state index contributed by atoms with van der Waals surface area (Å²) in [4.78, 5) is 0. The van der Waals surface area contributed by atoms with Gasteiger partial charge in [0, 0.05) is 6.20 Å². The lowest BCUT2D eigenvalue weighted by molar-refractivity contribution is 0.284. The maximum Gasteiger partial charge on any atom is 0.123 e. The fourth-order valence-corrected chi connectivity index (χ4v) is 1.96. The molecule has 0 aliphatic carbocycles. The highest BCUT2D eigenvalue weighted by Gasteiger charge is 2.18. The van der Waals surface area contributed by atoms with E-state index in [1.165, 1.54) is 5.56 Å². The van der Waals surface area contributed by atoms with Crippen molar-refractivity contribution in [3.63, 3.8) is 0 Å². The van der Waals surface area contributed by atoms with E-state index < -0.39 is 0 Å². The van der Waals surface area contributed by atoms with Crippen LogP contribution in [0.4, 0.5) is 5.69 Å². The minimum absolute atomic E-state index is 0.0761. The van der Waals surface area contributed by atoms with Gasteiger partial charge >= 0.3 is 0 Å². The minimum Gasteiger partial charge on any atom is -0.491 e. The van der Waals surface area contributed by atoms with Crippen LogP contribution in [0.2, 0.25) is 0 Å². The molecule has 2 rings (SSSR count). The summed E-state index contributed by atoms with van der Waals surface area (Å²) in [6.45, 7) is 7.82. The van der Waals surface area contributed by atoms with Crippen LogP contribution in [0.5, 0.6) is 5.75 Å². The quantitative estimate of drug-likeness (QED) is 0.918. The molecule has 1 heterocycles. The predicted octanol–water partition coefficient (Wildman–Crippen LogP) is 2.84. The number of aromatic nitrogens is 2. The number of para-hydroxylation sites is 1. The standard InChI is InChI=1S/C15H21N3O/c1-15(2,3)13-6-4-5-7-14(13)19-9-8-18-11-12(16)10-17-18/h4-7,10-11H,8-9,16H2,1-3H3. The van der Waals surface area contributed by atoms with Gasteiger partial charge in [0.1, 0.15) is 12.4 Å². The van der Waals surface area contributed by atoms with Crippen molar-refractivity contribution in [1.82, 2.24) is 9.78 Å². The zero-order chi connectivity index (χ0) is 13.9. The Hall–Kier alpha value is -1.97. The van der Waals surface area contributed by atoms with Crippen molar-refractivity contribution in [3.8, 4) is 5.75 Å². The lowest BCUT2D eigenvalue weighted by Crippen LogP contribution is -2.15. The summed E-state index contributed by atoms with van der Waals surface area (Å²) in [5, 5.41) is 4.13. The molecular weight excluding hydrogens is 238 g/mol. The first kappa shape index (κ1) is 13.5. The van der Waals surface area contributed by atoms with Crippen molar-refractivity contribution in [1.29, 1.82) is 0 Å². The Morgan fingerprint density at radius 1 is 1.26 bits per heavy atom. The normalized spacial score (nSPS) is 11.5. The van der Waals surface area contributed by atoms with Crippen LogP contribution in [0.25, 0.3) is 0 Å². The van der Waals surface area contributed by atoms with Crippen LogP contribution in [-0.4, -0.2) is 16.4 Å². The second-order valence-electron chi connectivity index (χ2n) is 5.63. The second-order valence-corrected chi connectivity index (χ2v) is 5.63. The number of benzene rings is 1. The summed E-state index contributed by atoms with van der Waals surface area (Å²) >= 11 is 0. The molecule has 2 N–H and O–H groups in total. The largest absolute Gasteiger partial charge is 0.491 e. The third kappa shape index (κ3) is 3.50. The van der Waals surface area contributed by atoms with Gasteiger partial charge in [0.15, 0.2) is 0 Å². The maximum atomic E-state index is 5.88. The molecular formula is C15H21N3O. The fraction of sp³-hybridized carbons (Fsp3) is 0.400. The summed E-state index contributed by atoms with van der Waals surface area (Å²) in [5.41, 5.74) is 7.59. The van der Waals surface area contributed by atoms with Crippen molar-refractivity contribution in [2.45, 2.75) is 32.7 Å². The van der Waals surface area contributed by atoms with Crippen molar-refractivity contribution in [3.05, 3.63) is 42.2 Å². The molecule has 0 spiro atoms. The molecule has 0 fully saturated rings. The number of nitrogens with zero attached hydrogens (tertiary/aromatic N) is 2. The summed E-state index contributed by atoms with van der Waals surface area (Å²) in [6, 6.07) is 8.16. The van der Waals surface area contributed by atoms with E-state index in [2.05, 4.69) is 31.9 Å². The Morgan fingerprint density at radius 2 is 2.00 bits per heavy atom. The second kappa shape index (κ2) is 5.34. The van der Waals surface area contributed by atoms with Gasteiger partial charge in [0.25, 0.3) is 0 Å². The fourth-order valence-electron chi connectivity index (χ4n) is 1.96. The number of rotatable bonds is 4. The van der Waals surface area contributed by atoms with Crippen LogP contribution in [0.3, 0.4) is 0 Å². The average molecular weight is 259 g/mol. The molecule has 0 bridgehead atoms. The van der Waals surface area contributed by atoms with E-state index in [-0.39, 0.29) is 5.41 Å². The van der Waals surface area contributed by atoms with E-state index in [1.54, 1.807) is 17.1 Å². The monoisotopic (exact) mass is 259 g/mol. The van der Waals surface area contributed by atoms with E-state index in [0.29, 0.717) is 18.8 Å². The van der Waals surface area contributed by atoms with E-state index in [9.17, 15) is 0 Å². The highest BCUT2D eigenvalue weighted by Crippen LogP contribution is 2.30.